The number of aromatic nitrogens is 2. The monoisotopic (exact) mass is 716 g/mol. The summed E-state index contributed by atoms with van der Waals surface area (Å²) in [7, 11) is 1.66. The van der Waals surface area contributed by atoms with E-state index in [1.165, 1.54) is 38.3 Å². The van der Waals surface area contributed by atoms with E-state index in [0.717, 1.165) is 74.2 Å². The van der Waals surface area contributed by atoms with Gasteiger partial charge in [0, 0.05) is 69.9 Å². The second-order valence-corrected chi connectivity index (χ2v) is 14.1. The molecule has 53 heavy (non-hydrogen) atoms. The van der Waals surface area contributed by atoms with Gasteiger partial charge in [0.25, 0.3) is 0 Å². The van der Waals surface area contributed by atoms with Crippen LogP contribution >= 0.6 is 0 Å². The summed E-state index contributed by atoms with van der Waals surface area (Å²) in [5.41, 5.74) is 3.33. The number of methoxy groups -OCH3 is 1. The van der Waals surface area contributed by atoms with Crippen molar-refractivity contribution in [2.75, 3.05) is 73.6 Å². The van der Waals surface area contributed by atoms with Crippen LogP contribution in [-0.2, 0) is 9.63 Å². The SMILES string of the molecule is C=CC(=O)Nc1cc(Nc2cc(N3OCCC3c3cccc(Oc4ccccc4)c3)ncn2)c(OC)cc1N1CCC(N2CCN(C3CC3)CC2)CC1. The maximum Gasteiger partial charge on any atom is 0.247 e. The molecule has 276 valence electrons. The van der Waals surface area contributed by atoms with Crippen LogP contribution < -0.4 is 30.1 Å². The number of anilines is 5. The average molecular weight is 717 g/mol. The highest BCUT2D eigenvalue weighted by Gasteiger charge is 2.34. The van der Waals surface area contributed by atoms with Crippen LogP contribution in [0.4, 0.5) is 28.7 Å². The zero-order valence-electron chi connectivity index (χ0n) is 30.3. The maximum atomic E-state index is 12.7. The number of hydrogen-bond donors (Lipinski definition) is 2. The number of piperazine rings is 1. The van der Waals surface area contributed by atoms with Gasteiger partial charge >= 0.3 is 0 Å². The van der Waals surface area contributed by atoms with E-state index in [-0.39, 0.29) is 11.9 Å². The van der Waals surface area contributed by atoms with Gasteiger partial charge in [-0.05, 0) is 67.7 Å². The van der Waals surface area contributed by atoms with Crippen LogP contribution in [0, 0.1) is 0 Å². The van der Waals surface area contributed by atoms with Crippen LogP contribution in [0.25, 0.3) is 0 Å². The summed E-state index contributed by atoms with van der Waals surface area (Å²) >= 11 is 0. The minimum atomic E-state index is -0.273. The fourth-order valence-electron chi connectivity index (χ4n) is 7.84. The van der Waals surface area contributed by atoms with Crippen molar-refractivity contribution >= 4 is 34.6 Å². The van der Waals surface area contributed by atoms with Crippen LogP contribution in [0.15, 0.2) is 91.8 Å². The van der Waals surface area contributed by atoms with Gasteiger partial charge in [-0.25, -0.2) is 15.0 Å². The quantitative estimate of drug-likeness (QED) is 0.152. The Kier molecular flexibility index (Phi) is 10.4. The molecule has 2 N–H and O–H groups in total. The van der Waals surface area contributed by atoms with Crippen molar-refractivity contribution in [2.45, 2.75) is 50.2 Å². The second-order valence-electron chi connectivity index (χ2n) is 14.1. The van der Waals surface area contributed by atoms with Gasteiger partial charge in [0.05, 0.1) is 36.8 Å². The molecule has 1 aliphatic carbocycles. The molecule has 0 spiro atoms. The van der Waals surface area contributed by atoms with Crippen LogP contribution in [0.1, 0.15) is 43.7 Å². The fourth-order valence-corrected chi connectivity index (χ4v) is 7.84. The van der Waals surface area contributed by atoms with Crippen molar-refractivity contribution in [2.24, 2.45) is 0 Å². The average Bonchev–Trinajstić information content (AvgIpc) is 3.94. The molecule has 0 bridgehead atoms. The molecule has 1 saturated carbocycles. The molecule has 12 nitrogen and oxygen atoms in total. The Morgan fingerprint density at radius 3 is 2.28 bits per heavy atom. The normalized spacial score (nSPS) is 19.9. The molecule has 4 aliphatic rings. The zero-order chi connectivity index (χ0) is 36.1. The molecular formula is C41H48N8O4. The lowest BCUT2D eigenvalue weighted by Crippen LogP contribution is -2.53. The minimum Gasteiger partial charge on any atom is -0.494 e. The van der Waals surface area contributed by atoms with Crippen LogP contribution in [0.3, 0.4) is 0 Å². The lowest BCUT2D eigenvalue weighted by molar-refractivity contribution is -0.111. The molecule has 1 amide bonds. The third-order valence-electron chi connectivity index (χ3n) is 10.8. The Hall–Kier alpha value is -5.17. The van der Waals surface area contributed by atoms with Crippen LogP contribution in [0.2, 0.25) is 0 Å². The lowest BCUT2D eigenvalue weighted by atomic mass is 10.0. The summed E-state index contributed by atoms with van der Waals surface area (Å²) in [5, 5.41) is 8.31. The summed E-state index contributed by atoms with van der Waals surface area (Å²) in [6.45, 7) is 10.7. The van der Waals surface area contributed by atoms with Gasteiger partial charge in [0.1, 0.15) is 29.4 Å². The van der Waals surface area contributed by atoms with E-state index in [0.29, 0.717) is 41.4 Å². The molecule has 4 heterocycles. The van der Waals surface area contributed by atoms with Gasteiger partial charge in [-0.2, -0.15) is 0 Å². The van der Waals surface area contributed by atoms with E-state index >= 15 is 0 Å². The predicted octanol–water partition coefficient (Wildman–Crippen LogP) is 6.78. The van der Waals surface area contributed by atoms with Gasteiger partial charge in [0.15, 0.2) is 5.82 Å². The summed E-state index contributed by atoms with van der Waals surface area (Å²) < 4.78 is 12.0. The molecule has 1 atom stereocenters. The van der Waals surface area contributed by atoms with Gasteiger partial charge in [-0.3, -0.25) is 19.4 Å². The molecule has 1 unspecified atom stereocenters. The second kappa shape index (κ2) is 15.8. The molecule has 8 rings (SSSR count). The number of nitrogens with zero attached hydrogens (tertiary/aromatic N) is 6. The molecule has 3 aromatic carbocycles. The number of carbonyl (C=O) groups is 1. The standard InChI is InChI=1S/C41H48N8O4/c1-3-41(50)45-34-25-35(38(51-2)26-37(34)48-17-14-31(15-18-48)47-21-19-46(20-22-47)30-12-13-30)44-39-27-40(43-28-42-39)49-36(16-23-52-49)29-8-7-11-33(24-29)53-32-9-5-4-6-10-32/h3-11,24-28,30-31,36H,1,12-23H2,2H3,(H,45,50)(H,42,43,44). The number of benzene rings is 3. The maximum absolute atomic E-state index is 12.7. The molecule has 4 aromatic rings. The third-order valence-corrected chi connectivity index (χ3v) is 10.8. The number of piperidine rings is 1. The first-order valence-electron chi connectivity index (χ1n) is 18.8. The zero-order valence-corrected chi connectivity index (χ0v) is 30.3. The van der Waals surface area contributed by atoms with Gasteiger partial charge in [0.2, 0.25) is 5.91 Å². The molecule has 3 saturated heterocycles. The third kappa shape index (κ3) is 8.09. The fraction of sp³-hybridized carbons (Fsp3) is 0.390. The Bertz CT molecular complexity index is 1890. The number of amides is 1. The van der Waals surface area contributed by atoms with Gasteiger partial charge in [-0.15, -0.1) is 0 Å². The first-order valence-corrected chi connectivity index (χ1v) is 18.8. The lowest BCUT2D eigenvalue weighted by Gasteiger charge is -2.43. The van der Waals surface area contributed by atoms with E-state index in [4.69, 9.17) is 14.3 Å². The number of rotatable bonds is 12. The van der Waals surface area contributed by atoms with Crippen molar-refractivity contribution in [3.63, 3.8) is 0 Å². The van der Waals surface area contributed by atoms with Gasteiger partial charge < -0.3 is 25.0 Å². The minimum absolute atomic E-state index is 0.0666. The molecule has 0 radical (unpaired) electrons. The Balaban J connectivity index is 0.980. The highest BCUT2D eigenvalue weighted by Crippen LogP contribution is 2.41. The van der Waals surface area contributed by atoms with E-state index in [1.807, 2.05) is 71.8 Å². The van der Waals surface area contributed by atoms with E-state index in [9.17, 15) is 4.79 Å². The Morgan fingerprint density at radius 1 is 0.830 bits per heavy atom. The van der Waals surface area contributed by atoms with E-state index in [2.05, 4.69) is 47.9 Å². The topological polar surface area (TPSA) is 108 Å². The first kappa shape index (κ1) is 34.9. The number of ether oxygens (including phenoxy) is 2. The largest absolute Gasteiger partial charge is 0.494 e. The highest BCUT2D eigenvalue weighted by atomic mass is 16.7. The van der Waals surface area contributed by atoms with Crippen molar-refractivity contribution in [3.8, 4) is 17.2 Å². The Morgan fingerprint density at radius 2 is 1.57 bits per heavy atom. The van der Waals surface area contributed by atoms with Crippen molar-refractivity contribution in [1.29, 1.82) is 0 Å². The number of hydroxylamine groups is 1. The van der Waals surface area contributed by atoms with Crippen LogP contribution in [0.5, 0.6) is 17.2 Å². The predicted molar refractivity (Wildman–Crippen MR) is 207 cm³/mol. The van der Waals surface area contributed by atoms with Crippen molar-refractivity contribution in [1.82, 2.24) is 19.8 Å². The highest BCUT2D eigenvalue weighted by molar-refractivity contribution is 6.02. The Labute approximate surface area is 311 Å². The molecular weight excluding hydrogens is 669 g/mol. The molecule has 12 heteroatoms. The smallest absolute Gasteiger partial charge is 0.247 e. The van der Waals surface area contributed by atoms with Crippen molar-refractivity contribution in [3.05, 3.63) is 97.3 Å². The van der Waals surface area contributed by atoms with E-state index in [1.54, 1.807) is 7.11 Å². The van der Waals surface area contributed by atoms with Gasteiger partial charge in [-0.1, -0.05) is 36.9 Å². The number of hydrogen-bond acceptors (Lipinski definition) is 11. The summed E-state index contributed by atoms with van der Waals surface area (Å²) in [6.07, 6.45) is 8.50. The van der Waals surface area contributed by atoms with E-state index < -0.39 is 0 Å². The molecule has 3 aliphatic heterocycles. The number of para-hydroxylation sites is 1. The summed E-state index contributed by atoms with van der Waals surface area (Å²) in [6, 6.07) is 24.9. The summed E-state index contributed by atoms with van der Waals surface area (Å²) in [4.78, 5) is 35.6. The molecule has 1 aromatic heterocycles. The van der Waals surface area contributed by atoms with Crippen molar-refractivity contribution < 1.29 is 19.1 Å². The molecule has 4 fully saturated rings. The van der Waals surface area contributed by atoms with Crippen LogP contribution in [-0.4, -0.2) is 90.7 Å². The number of carbonyl (C=O) groups excluding carboxylic acids is 1. The summed E-state index contributed by atoms with van der Waals surface area (Å²) in [5.74, 6) is 3.08. The number of nitrogens with one attached hydrogen (secondary N) is 2. The first-order chi connectivity index (χ1) is 26.0.